The van der Waals surface area contributed by atoms with Crippen LogP contribution in [-0.2, 0) is 11.2 Å². The highest BCUT2D eigenvalue weighted by Gasteiger charge is 2.26. The Morgan fingerprint density at radius 3 is 2.94 bits per heavy atom. The van der Waals surface area contributed by atoms with Crippen LogP contribution in [0.25, 0.3) is 0 Å². The molecule has 1 aromatic carbocycles. The Kier molecular flexibility index (Phi) is 4.38. The monoisotopic (exact) mass is 249 g/mol. The molecule has 2 N–H and O–H groups in total. The second-order valence-electron chi connectivity index (χ2n) is 5.36. The molecule has 0 aliphatic heterocycles. The molecule has 0 radical (unpaired) electrons. The van der Waals surface area contributed by atoms with Crippen LogP contribution in [0, 0.1) is 0 Å². The summed E-state index contributed by atoms with van der Waals surface area (Å²) in [6, 6.07) is 8.51. The van der Waals surface area contributed by atoms with Crippen LogP contribution in [0.15, 0.2) is 24.3 Å². The summed E-state index contributed by atoms with van der Waals surface area (Å²) in [5.74, 6) is 0. The van der Waals surface area contributed by atoms with Crippen LogP contribution in [0.1, 0.15) is 37.0 Å². The Labute approximate surface area is 109 Å². The van der Waals surface area contributed by atoms with E-state index in [0.717, 1.165) is 12.8 Å². The first-order valence-electron chi connectivity index (χ1n) is 6.68. The van der Waals surface area contributed by atoms with Gasteiger partial charge in [0.2, 0.25) is 0 Å². The number of fused-ring (bicyclic) bond motifs is 1. The number of rotatable bonds is 5. The second kappa shape index (κ2) is 5.83. The van der Waals surface area contributed by atoms with Crippen molar-refractivity contribution in [2.45, 2.75) is 37.8 Å². The van der Waals surface area contributed by atoms with Gasteiger partial charge in [0, 0.05) is 0 Å². The van der Waals surface area contributed by atoms with E-state index in [9.17, 15) is 5.11 Å². The first kappa shape index (κ1) is 13.5. The van der Waals surface area contributed by atoms with Crippen molar-refractivity contribution < 1.29 is 9.84 Å². The molecule has 18 heavy (non-hydrogen) atoms. The maximum Gasteiger partial charge on any atom is 0.0828 e. The van der Waals surface area contributed by atoms with Gasteiger partial charge in [-0.05, 0) is 44.4 Å². The van der Waals surface area contributed by atoms with Crippen molar-refractivity contribution in [3.05, 3.63) is 35.4 Å². The van der Waals surface area contributed by atoms with E-state index in [1.807, 2.05) is 14.0 Å². The van der Waals surface area contributed by atoms with Gasteiger partial charge in [0.15, 0.2) is 0 Å². The first-order valence-corrected chi connectivity index (χ1v) is 6.68. The van der Waals surface area contributed by atoms with E-state index in [4.69, 9.17) is 4.74 Å². The number of hydrogen-bond acceptors (Lipinski definition) is 3. The van der Waals surface area contributed by atoms with E-state index in [1.54, 1.807) is 0 Å². The minimum absolute atomic E-state index is 0.0812. The minimum atomic E-state index is -0.355. The fourth-order valence-corrected chi connectivity index (χ4v) is 2.36. The highest BCUT2D eigenvalue weighted by Crippen LogP contribution is 2.32. The smallest absolute Gasteiger partial charge is 0.0828 e. The predicted molar refractivity (Wildman–Crippen MR) is 72.6 cm³/mol. The molecule has 3 heteroatoms. The van der Waals surface area contributed by atoms with E-state index < -0.39 is 0 Å². The first-order chi connectivity index (χ1) is 8.68. The van der Waals surface area contributed by atoms with Gasteiger partial charge in [-0.1, -0.05) is 24.3 Å². The summed E-state index contributed by atoms with van der Waals surface area (Å²) in [4.78, 5) is 0. The summed E-state index contributed by atoms with van der Waals surface area (Å²) in [5, 5.41) is 12.5. The summed E-state index contributed by atoms with van der Waals surface area (Å²) in [5.41, 5.74) is 2.37. The molecular formula is C15H23NO2. The highest BCUT2D eigenvalue weighted by atomic mass is 16.5. The molecule has 0 spiro atoms. The number of hydrogen-bond donors (Lipinski definition) is 2. The Morgan fingerprint density at radius 1 is 1.44 bits per heavy atom. The molecule has 3 nitrogen and oxygen atoms in total. The minimum Gasteiger partial charge on any atom is -0.394 e. The third kappa shape index (κ3) is 2.91. The lowest BCUT2D eigenvalue weighted by atomic mass is 9.89. The molecule has 0 saturated carbocycles. The number of ether oxygens (including phenoxy) is 1. The summed E-state index contributed by atoms with van der Waals surface area (Å²) < 4.78 is 6.03. The molecule has 0 saturated heterocycles. The van der Waals surface area contributed by atoms with Crippen molar-refractivity contribution in [1.29, 1.82) is 0 Å². The molecule has 0 bridgehead atoms. The van der Waals surface area contributed by atoms with Gasteiger partial charge in [0.05, 0.1) is 24.9 Å². The molecule has 1 aliphatic rings. The van der Waals surface area contributed by atoms with Crippen molar-refractivity contribution in [2.75, 3.05) is 20.3 Å². The lowest BCUT2D eigenvalue weighted by molar-refractivity contribution is -0.00995. The number of nitrogens with one attached hydrogen (secondary N) is 1. The van der Waals surface area contributed by atoms with Gasteiger partial charge in [-0.25, -0.2) is 0 Å². The molecule has 0 aromatic heterocycles. The Balaban J connectivity index is 2.03. The van der Waals surface area contributed by atoms with E-state index in [2.05, 4.69) is 29.6 Å². The second-order valence-corrected chi connectivity index (χ2v) is 5.36. The van der Waals surface area contributed by atoms with Gasteiger partial charge in [0.25, 0.3) is 0 Å². The molecular weight excluding hydrogens is 226 g/mol. The Bertz CT molecular complexity index is 388. The van der Waals surface area contributed by atoms with Crippen LogP contribution in [0.4, 0.5) is 0 Å². The largest absolute Gasteiger partial charge is 0.394 e. The van der Waals surface area contributed by atoms with E-state index in [1.165, 1.54) is 17.5 Å². The van der Waals surface area contributed by atoms with Crippen molar-refractivity contribution in [3.8, 4) is 0 Å². The third-order valence-corrected chi connectivity index (χ3v) is 3.87. The molecule has 0 fully saturated rings. The average Bonchev–Trinajstić information content (AvgIpc) is 2.44. The third-order valence-electron chi connectivity index (χ3n) is 3.87. The zero-order valence-electron chi connectivity index (χ0n) is 11.3. The fraction of sp³-hybridized carbons (Fsp3) is 0.600. The number of likely N-dealkylation sites (N-methyl/N-ethyl adjacent to an activating group) is 1. The Hall–Kier alpha value is -0.900. The lowest BCUT2D eigenvalue weighted by Gasteiger charge is -2.31. The lowest BCUT2D eigenvalue weighted by Crippen LogP contribution is -2.48. The quantitative estimate of drug-likeness (QED) is 0.839. The molecule has 2 unspecified atom stereocenters. The summed E-state index contributed by atoms with van der Waals surface area (Å²) >= 11 is 0. The van der Waals surface area contributed by atoms with Gasteiger partial charge >= 0.3 is 0 Å². The van der Waals surface area contributed by atoms with Crippen LogP contribution >= 0.6 is 0 Å². The molecule has 1 aliphatic carbocycles. The Morgan fingerprint density at radius 2 is 2.22 bits per heavy atom. The van der Waals surface area contributed by atoms with E-state index >= 15 is 0 Å². The average molecular weight is 249 g/mol. The topological polar surface area (TPSA) is 41.5 Å². The van der Waals surface area contributed by atoms with Crippen molar-refractivity contribution in [2.24, 2.45) is 0 Å². The molecule has 100 valence electrons. The molecule has 1 aromatic rings. The number of aliphatic hydroxyl groups is 1. The number of benzene rings is 1. The SMILES string of the molecule is CNC(C)(CO)COC1CCCc2ccccc21. The molecule has 0 amide bonds. The predicted octanol–water partition coefficient (Wildman–Crippen LogP) is 2.05. The zero-order chi connectivity index (χ0) is 13.0. The number of aryl methyl sites for hydroxylation is 1. The van der Waals surface area contributed by atoms with Gasteiger partial charge in [-0.15, -0.1) is 0 Å². The maximum atomic E-state index is 9.37. The van der Waals surface area contributed by atoms with Gasteiger partial charge < -0.3 is 15.2 Å². The summed E-state index contributed by atoms with van der Waals surface area (Å²) in [7, 11) is 1.86. The van der Waals surface area contributed by atoms with Crippen LogP contribution in [0.3, 0.4) is 0 Å². The van der Waals surface area contributed by atoms with Crippen molar-refractivity contribution in [3.63, 3.8) is 0 Å². The van der Waals surface area contributed by atoms with Crippen LogP contribution in [-0.4, -0.2) is 30.9 Å². The molecule has 2 atom stereocenters. The van der Waals surface area contributed by atoms with Crippen molar-refractivity contribution >= 4 is 0 Å². The summed E-state index contributed by atoms with van der Waals surface area (Å²) in [6.45, 7) is 2.58. The standard InChI is InChI=1S/C15H23NO2/c1-15(10-17,16-2)11-18-14-9-5-7-12-6-3-4-8-13(12)14/h3-4,6,8,14,16-17H,5,7,9-11H2,1-2H3. The van der Waals surface area contributed by atoms with Crippen LogP contribution in [0.2, 0.25) is 0 Å². The van der Waals surface area contributed by atoms with Crippen LogP contribution in [0.5, 0.6) is 0 Å². The fourth-order valence-electron chi connectivity index (χ4n) is 2.36. The summed E-state index contributed by atoms with van der Waals surface area (Å²) in [6.07, 6.45) is 3.58. The highest BCUT2D eigenvalue weighted by molar-refractivity contribution is 5.31. The molecule has 0 heterocycles. The van der Waals surface area contributed by atoms with Gasteiger partial charge in [-0.3, -0.25) is 0 Å². The van der Waals surface area contributed by atoms with E-state index in [-0.39, 0.29) is 18.2 Å². The maximum absolute atomic E-state index is 9.37. The molecule has 2 rings (SSSR count). The van der Waals surface area contributed by atoms with E-state index in [0.29, 0.717) is 6.61 Å². The number of aliphatic hydroxyl groups excluding tert-OH is 1. The van der Waals surface area contributed by atoms with Gasteiger partial charge in [-0.2, -0.15) is 0 Å². The zero-order valence-corrected chi connectivity index (χ0v) is 11.3. The van der Waals surface area contributed by atoms with Gasteiger partial charge in [0.1, 0.15) is 0 Å². The van der Waals surface area contributed by atoms with Crippen LogP contribution < -0.4 is 5.32 Å². The normalized spacial score (nSPS) is 22.3. The van der Waals surface area contributed by atoms with Crippen molar-refractivity contribution in [1.82, 2.24) is 5.32 Å².